The number of nitrogens with one attached hydrogen (secondary N) is 1. The molecule has 1 aliphatic heterocycles. The topological polar surface area (TPSA) is 84.2 Å². The van der Waals surface area contributed by atoms with Crippen LogP contribution >= 0.6 is 0 Å². The fourth-order valence-electron chi connectivity index (χ4n) is 2.31. The van der Waals surface area contributed by atoms with E-state index in [1.807, 2.05) is 0 Å². The fourth-order valence-corrected chi connectivity index (χ4v) is 2.31. The van der Waals surface area contributed by atoms with E-state index < -0.39 is 0 Å². The summed E-state index contributed by atoms with van der Waals surface area (Å²) in [7, 11) is 0. The summed E-state index contributed by atoms with van der Waals surface area (Å²) < 4.78 is 5.34. The van der Waals surface area contributed by atoms with Crippen molar-refractivity contribution < 1.29 is 9.53 Å². The van der Waals surface area contributed by atoms with Gasteiger partial charge >= 0.3 is 0 Å². The summed E-state index contributed by atoms with van der Waals surface area (Å²) in [6.07, 6.45) is 3.14. The van der Waals surface area contributed by atoms with Crippen LogP contribution in [-0.4, -0.2) is 47.3 Å². The van der Waals surface area contributed by atoms with Gasteiger partial charge in [-0.25, -0.2) is 0 Å². The number of anilines is 1. The van der Waals surface area contributed by atoms with Gasteiger partial charge in [0.25, 0.3) is 5.91 Å². The Hall–Kier alpha value is -1.56. The lowest BCUT2D eigenvalue weighted by Crippen LogP contribution is -2.33. The van der Waals surface area contributed by atoms with Gasteiger partial charge in [0.2, 0.25) is 0 Å². The maximum absolute atomic E-state index is 12.3. The molecular formula is C12H18N4O2. The summed E-state index contributed by atoms with van der Waals surface area (Å²) in [5.41, 5.74) is 7.86. The van der Waals surface area contributed by atoms with Crippen LogP contribution in [0.2, 0.25) is 0 Å². The van der Waals surface area contributed by atoms with Gasteiger partial charge in [0, 0.05) is 25.6 Å². The Morgan fingerprint density at radius 1 is 1.39 bits per heavy atom. The molecule has 18 heavy (non-hydrogen) atoms. The predicted molar refractivity (Wildman–Crippen MR) is 66.3 cm³/mol. The highest BCUT2D eigenvalue weighted by molar-refractivity contribution is 5.97. The van der Waals surface area contributed by atoms with Gasteiger partial charge in [0.05, 0.1) is 18.0 Å². The Bertz CT molecular complexity index is 445. The lowest BCUT2D eigenvalue weighted by molar-refractivity contribution is 0.0736. The molecule has 1 saturated carbocycles. The van der Waals surface area contributed by atoms with Gasteiger partial charge in [0.1, 0.15) is 0 Å². The van der Waals surface area contributed by atoms with E-state index in [-0.39, 0.29) is 5.91 Å². The van der Waals surface area contributed by atoms with Crippen LogP contribution in [0, 0.1) is 0 Å². The van der Waals surface area contributed by atoms with Crippen molar-refractivity contribution in [2.45, 2.75) is 25.2 Å². The molecule has 0 spiro atoms. The molecule has 1 aromatic rings. The molecule has 0 bridgehead atoms. The second kappa shape index (κ2) is 4.61. The molecule has 98 valence electrons. The molecule has 2 aliphatic rings. The molecule has 2 fully saturated rings. The summed E-state index contributed by atoms with van der Waals surface area (Å²) in [5, 5.41) is 7.02. The molecule has 1 aromatic heterocycles. The van der Waals surface area contributed by atoms with Gasteiger partial charge in [0.15, 0.2) is 5.69 Å². The third kappa shape index (κ3) is 2.08. The van der Waals surface area contributed by atoms with Gasteiger partial charge in [-0.15, -0.1) is 0 Å². The zero-order valence-electron chi connectivity index (χ0n) is 10.3. The molecule has 1 saturated heterocycles. The van der Waals surface area contributed by atoms with E-state index in [9.17, 15) is 4.79 Å². The average molecular weight is 250 g/mol. The minimum absolute atomic E-state index is 0.0823. The van der Waals surface area contributed by atoms with Crippen LogP contribution < -0.4 is 5.73 Å². The number of rotatable bonds is 2. The number of ether oxygens (including phenoxy) is 1. The van der Waals surface area contributed by atoms with E-state index in [0.717, 1.165) is 25.0 Å². The van der Waals surface area contributed by atoms with Gasteiger partial charge in [-0.3, -0.25) is 9.89 Å². The van der Waals surface area contributed by atoms with Crippen LogP contribution in [0.4, 0.5) is 5.69 Å². The molecular weight excluding hydrogens is 232 g/mol. The molecule has 0 radical (unpaired) electrons. The van der Waals surface area contributed by atoms with Crippen molar-refractivity contribution >= 4 is 11.6 Å². The molecule has 6 heteroatoms. The molecule has 2 heterocycles. The van der Waals surface area contributed by atoms with Crippen molar-refractivity contribution in [3.63, 3.8) is 0 Å². The summed E-state index contributed by atoms with van der Waals surface area (Å²) in [5.74, 6) is 0.396. The van der Waals surface area contributed by atoms with Crippen LogP contribution in [0.25, 0.3) is 0 Å². The highest BCUT2D eigenvalue weighted by atomic mass is 16.5. The maximum atomic E-state index is 12.3. The van der Waals surface area contributed by atoms with E-state index in [1.54, 1.807) is 4.90 Å². The number of nitrogen functional groups attached to an aromatic ring is 1. The van der Waals surface area contributed by atoms with Gasteiger partial charge < -0.3 is 15.4 Å². The summed E-state index contributed by atoms with van der Waals surface area (Å²) in [6, 6.07) is 0. The van der Waals surface area contributed by atoms with E-state index in [1.165, 1.54) is 0 Å². The average Bonchev–Trinajstić information content (AvgIpc) is 3.17. The second-order valence-electron chi connectivity index (χ2n) is 4.93. The standard InChI is InChI=1S/C12H18N4O2/c13-9-10(8-2-3-8)14-15-11(9)12(17)16-4-1-6-18-7-5-16/h8H,1-7,13H2,(H,14,15). The van der Waals surface area contributed by atoms with Crippen LogP contribution in [0.3, 0.4) is 0 Å². The predicted octanol–water partition coefficient (Wildman–Crippen LogP) is 0.732. The molecule has 3 N–H and O–H groups in total. The van der Waals surface area contributed by atoms with Gasteiger partial charge in [-0.1, -0.05) is 0 Å². The Kier molecular flexibility index (Phi) is 2.95. The van der Waals surface area contributed by atoms with E-state index in [0.29, 0.717) is 43.6 Å². The number of aromatic amines is 1. The van der Waals surface area contributed by atoms with E-state index in [2.05, 4.69) is 10.2 Å². The quantitative estimate of drug-likeness (QED) is 0.810. The van der Waals surface area contributed by atoms with Crippen LogP contribution in [0.1, 0.15) is 41.4 Å². The first kappa shape index (κ1) is 11.5. The van der Waals surface area contributed by atoms with Gasteiger partial charge in [-0.2, -0.15) is 5.10 Å². The Morgan fingerprint density at radius 3 is 3.00 bits per heavy atom. The zero-order chi connectivity index (χ0) is 12.5. The van der Waals surface area contributed by atoms with Crippen molar-refractivity contribution in [2.24, 2.45) is 0 Å². The van der Waals surface area contributed by atoms with E-state index >= 15 is 0 Å². The third-order valence-electron chi connectivity index (χ3n) is 3.53. The minimum Gasteiger partial charge on any atom is -0.395 e. The fraction of sp³-hybridized carbons (Fsp3) is 0.667. The lowest BCUT2D eigenvalue weighted by Gasteiger charge is -2.18. The molecule has 0 atom stereocenters. The van der Waals surface area contributed by atoms with Crippen molar-refractivity contribution in [3.8, 4) is 0 Å². The number of hydrogen-bond acceptors (Lipinski definition) is 4. The van der Waals surface area contributed by atoms with Crippen molar-refractivity contribution in [1.29, 1.82) is 0 Å². The second-order valence-corrected chi connectivity index (χ2v) is 4.93. The zero-order valence-corrected chi connectivity index (χ0v) is 10.3. The number of amides is 1. The Balaban J connectivity index is 1.78. The number of hydrogen-bond donors (Lipinski definition) is 2. The van der Waals surface area contributed by atoms with Crippen molar-refractivity contribution in [1.82, 2.24) is 15.1 Å². The number of aromatic nitrogens is 2. The summed E-state index contributed by atoms with van der Waals surface area (Å²) >= 11 is 0. The highest BCUT2D eigenvalue weighted by Crippen LogP contribution is 2.42. The first-order valence-electron chi connectivity index (χ1n) is 6.48. The number of carbonyl (C=O) groups excluding carboxylic acids is 1. The summed E-state index contributed by atoms with van der Waals surface area (Å²) in [4.78, 5) is 14.1. The number of H-pyrrole nitrogens is 1. The van der Waals surface area contributed by atoms with Crippen molar-refractivity contribution in [2.75, 3.05) is 32.0 Å². The highest BCUT2D eigenvalue weighted by Gasteiger charge is 2.31. The molecule has 1 amide bonds. The monoisotopic (exact) mass is 250 g/mol. The van der Waals surface area contributed by atoms with Crippen LogP contribution in [-0.2, 0) is 4.74 Å². The molecule has 3 rings (SSSR count). The third-order valence-corrected chi connectivity index (χ3v) is 3.53. The molecule has 1 aliphatic carbocycles. The number of nitrogens with zero attached hydrogens (tertiary/aromatic N) is 2. The van der Waals surface area contributed by atoms with Crippen LogP contribution in [0.5, 0.6) is 0 Å². The van der Waals surface area contributed by atoms with Crippen LogP contribution in [0.15, 0.2) is 0 Å². The Morgan fingerprint density at radius 2 is 2.22 bits per heavy atom. The molecule has 6 nitrogen and oxygen atoms in total. The first-order chi connectivity index (χ1) is 8.77. The maximum Gasteiger partial charge on any atom is 0.276 e. The smallest absolute Gasteiger partial charge is 0.276 e. The molecule has 0 aromatic carbocycles. The first-order valence-corrected chi connectivity index (χ1v) is 6.48. The summed E-state index contributed by atoms with van der Waals surface area (Å²) in [6.45, 7) is 2.63. The van der Waals surface area contributed by atoms with E-state index in [4.69, 9.17) is 10.5 Å². The number of carbonyl (C=O) groups is 1. The minimum atomic E-state index is -0.0823. The molecule has 0 unspecified atom stereocenters. The SMILES string of the molecule is Nc1c(C(=O)N2CCCOCC2)n[nH]c1C1CC1. The lowest BCUT2D eigenvalue weighted by atomic mass is 10.2. The Labute approximate surface area is 105 Å². The normalized spacial score (nSPS) is 20.8. The number of nitrogens with two attached hydrogens (primary N) is 1. The van der Waals surface area contributed by atoms with Gasteiger partial charge in [-0.05, 0) is 19.3 Å². The van der Waals surface area contributed by atoms with Crippen molar-refractivity contribution in [3.05, 3.63) is 11.4 Å². The largest absolute Gasteiger partial charge is 0.395 e.